The van der Waals surface area contributed by atoms with E-state index in [1.54, 1.807) is 0 Å². The molecule has 0 radical (unpaired) electrons. The number of ketones is 1. The molecule has 0 spiro atoms. The Labute approximate surface area is 115 Å². The van der Waals surface area contributed by atoms with Gasteiger partial charge < -0.3 is 9.47 Å². The van der Waals surface area contributed by atoms with Gasteiger partial charge in [-0.2, -0.15) is 0 Å². The largest absolute Gasteiger partial charge is 0.573 e. The average Bonchev–Trinajstić information content (AvgIpc) is 2.36. The zero-order valence-electron chi connectivity index (χ0n) is 11.4. The maximum Gasteiger partial charge on any atom is 0.573 e. The van der Waals surface area contributed by atoms with Gasteiger partial charge in [-0.15, -0.1) is 13.2 Å². The number of carbonyl (C=O) groups is 1. The van der Waals surface area contributed by atoms with E-state index in [9.17, 15) is 18.0 Å². The highest BCUT2D eigenvalue weighted by Gasteiger charge is 2.31. The van der Waals surface area contributed by atoms with Crippen LogP contribution in [0.1, 0.15) is 25.3 Å². The average molecular weight is 290 g/mol. The molecule has 0 saturated heterocycles. The van der Waals surface area contributed by atoms with Crippen molar-refractivity contribution in [2.75, 3.05) is 7.11 Å². The molecule has 0 aromatic heterocycles. The summed E-state index contributed by atoms with van der Waals surface area (Å²) in [5.74, 6) is -0.385. The van der Waals surface area contributed by atoms with E-state index in [1.807, 2.05) is 6.92 Å². The minimum atomic E-state index is -4.71. The van der Waals surface area contributed by atoms with E-state index in [2.05, 4.69) is 4.74 Å². The standard InChI is InChI=1S/C14H17F3O3/c1-3-4-13(19-2)12(18)9-10-5-7-11(8-6-10)20-14(15,16)17/h5-8,13H,3-4,9H2,1-2H3. The number of hydrogen-bond acceptors (Lipinski definition) is 3. The summed E-state index contributed by atoms with van der Waals surface area (Å²) in [6, 6.07) is 5.27. The van der Waals surface area contributed by atoms with E-state index in [0.717, 1.165) is 6.42 Å². The van der Waals surface area contributed by atoms with Crippen molar-refractivity contribution >= 4 is 5.78 Å². The van der Waals surface area contributed by atoms with Crippen LogP contribution in [0.2, 0.25) is 0 Å². The van der Waals surface area contributed by atoms with Crippen LogP contribution in [0.5, 0.6) is 5.75 Å². The highest BCUT2D eigenvalue weighted by molar-refractivity contribution is 5.85. The molecule has 0 N–H and O–H groups in total. The summed E-state index contributed by atoms with van der Waals surface area (Å²) >= 11 is 0. The van der Waals surface area contributed by atoms with Gasteiger partial charge in [-0.3, -0.25) is 4.79 Å². The maximum atomic E-state index is 12.0. The molecule has 1 rings (SSSR count). The third-order valence-corrected chi connectivity index (χ3v) is 2.73. The molecule has 0 aliphatic rings. The fourth-order valence-corrected chi connectivity index (χ4v) is 1.80. The van der Waals surface area contributed by atoms with E-state index in [1.165, 1.54) is 31.4 Å². The first-order valence-electron chi connectivity index (χ1n) is 6.26. The normalized spacial score (nSPS) is 13.1. The Balaban J connectivity index is 2.63. The highest BCUT2D eigenvalue weighted by Crippen LogP contribution is 2.23. The van der Waals surface area contributed by atoms with Gasteiger partial charge >= 0.3 is 6.36 Å². The molecule has 0 saturated carbocycles. The number of rotatable bonds is 7. The molecule has 0 fully saturated rings. The minimum absolute atomic E-state index is 0.0844. The Morgan fingerprint density at radius 1 is 1.25 bits per heavy atom. The minimum Gasteiger partial charge on any atom is -0.406 e. The topological polar surface area (TPSA) is 35.5 Å². The Kier molecular flexibility index (Phi) is 6.01. The summed E-state index contributed by atoms with van der Waals surface area (Å²) in [5.41, 5.74) is 0.627. The maximum absolute atomic E-state index is 12.0. The van der Waals surface area contributed by atoms with E-state index in [-0.39, 0.29) is 18.0 Å². The van der Waals surface area contributed by atoms with Crippen LogP contribution in [0.3, 0.4) is 0 Å². The molecule has 1 atom stereocenters. The number of alkyl halides is 3. The summed E-state index contributed by atoms with van der Waals surface area (Å²) in [6.07, 6.45) is -3.59. The molecule has 3 nitrogen and oxygen atoms in total. The fraction of sp³-hybridized carbons (Fsp3) is 0.500. The van der Waals surface area contributed by atoms with Crippen molar-refractivity contribution in [1.82, 2.24) is 0 Å². The van der Waals surface area contributed by atoms with Crippen molar-refractivity contribution in [3.05, 3.63) is 29.8 Å². The molecule has 0 aliphatic heterocycles. The van der Waals surface area contributed by atoms with Crippen LogP contribution in [0.25, 0.3) is 0 Å². The SMILES string of the molecule is CCCC(OC)C(=O)Cc1ccc(OC(F)(F)F)cc1. The van der Waals surface area contributed by atoms with Crippen LogP contribution in [0.4, 0.5) is 13.2 Å². The lowest BCUT2D eigenvalue weighted by Crippen LogP contribution is -2.24. The predicted octanol–water partition coefficient (Wildman–Crippen LogP) is 3.51. The number of Topliss-reactive ketones (excluding diaryl/α,β-unsaturated/α-hetero) is 1. The van der Waals surface area contributed by atoms with Crippen LogP contribution in [0.15, 0.2) is 24.3 Å². The van der Waals surface area contributed by atoms with Gasteiger partial charge in [-0.05, 0) is 24.1 Å². The first-order chi connectivity index (χ1) is 9.35. The Morgan fingerprint density at radius 3 is 2.30 bits per heavy atom. The lowest BCUT2D eigenvalue weighted by Gasteiger charge is -2.13. The summed E-state index contributed by atoms with van der Waals surface area (Å²) in [4.78, 5) is 11.9. The molecule has 0 heterocycles. The summed E-state index contributed by atoms with van der Waals surface area (Å²) in [6.45, 7) is 1.95. The van der Waals surface area contributed by atoms with Crippen molar-refractivity contribution < 1.29 is 27.4 Å². The first-order valence-corrected chi connectivity index (χ1v) is 6.26. The monoisotopic (exact) mass is 290 g/mol. The van der Waals surface area contributed by atoms with Gasteiger partial charge in [0.1, 0.15) is 11.9 Å². The Bertz CT molecular complexity index is 426. The molecule has 0 bridgehead atoms. The zero-order chi connectivity index (χ0) is 15.2. The summed E-state index contributed by atoms with van der Waals surface area (Å²) in [7, 11) is 1.47. The number of benzene rings is 1. The number of halogens is 3. The van der Waals surface area contributed by atoms with Crippen molar-refractivity contribution in [3.8, 4) is 5.75 Å². The number of methoxy groups -OCH3 is 1. The van der Waals surface area contributed by atoms with Gasteiger partial charge in [0, 0.05) is 13.5 Å². The second-order valence-corrected chi connectivity index (χ2v) is 4.35. The molecule has 1 aromatic carbocycles. The van der Waals surface area contributed by atoms with Crippen LogP contribution in [-0.4, -0.2) is 25.4 Å². The Hall–Kier alpha value is -1.56. The van der Waals surface area contributed by atoms with Crippen LogP contribution < -0.4 is 4.74 Å². The van der Waals surface area contributed by atoms with Crippen LogP contribution in [-0.2, 0) is 16.0 Å². The molecule has 20 heavy (non-hydrogen) atoms. The lowest BCUT2D eigenvalue weighted by atomic mass is 10.0. The fourth-order valence-electron chi connectivity index (χ4n) is 1.80. The summed E-state index contributed by atoms with van der Waals surface area (Å²) < 4.78 is 44.8. The number of hydrogen-bond donors (Lipinski definition) is 0. The molecule has 0 aliphatic carbocycles. The third kappa shape index (κ3) is 5.61. The van der Waals surface area contributed by atoms with Crippen molar-refractivity contribution in [1.29, 1.82) is 0 Å². The number of carbonyl (C=O) groups excluding carboxylic acids is 1. The van der Waals surface area contributed by atoms with Gasteiger partial charge in [0.15, 0.2) is 5.78 Å². The van der Waals surface area contributed by atoms with Gasteiger partial charge in [0.05, 0.1) is 0 Å². The van der Waals surface area contributed by atoms with Gasteiger partial charge in [0.25, 0.3) is 0 Å². The predicted molar refractivity (Wildman–Crippen MR) is 67.5 cm³/mol. The molecule has 6 heteroatoms. The van der Waals surface area contributed by atoms with E-state index in [0.29, 0.717) is 12.0 Å². The number of ether oxygens (including phenoxy) is 2. The van der Waals surface area contributed by atoms with E-state index >= 15 is 0 Å². The van der Waals surface area contributed by atoms with Crippen molar-refractivity contribution in [2.24, 2.45) is 0 Å². The summed E-state index contributed by atoms with van der Waals surface area (Å²) in [5, 5.41) is 0. The van der Waals surface area contributed by atoms with E-state index in [4.69, 9.17) is 4.74 Å². The Morgan fingerprint density at radius 2 is 1.85 bits per heavy atom. The molecule has 1 aromatic rings. The van der Waals surface area contributed by atoms with Crippen molar-refractivity contribution in [3.63, 3.8) is 0 Å². The highest BCUT2D eigenvalue weighted by atomic mass is 19.4. The molecular formula is C14H17F3O3. The third-order valence-electron chi connectivity index (χ3n) is 2.73. The van der Waals surface area contributed by atoms with Crippen molar-refractivity contribution in [2.45, 2.75) is 38.7 Å². The first kappa shape index (κ1) is 16.5. The smallest absolute Gasteiger partial charge is 0.406 e. The molecular weight excluding hydrogens is 273 g/mol. The van der Waals surface area contributed by atoms with Crippen LogP contribution in [0, 0.1) is 0 Å². The lowest BCUT2D eigenvalue weighted by molar-refractivity contribution is -0.274. The molecule has 1 unspecified atom stereocenters. The second kappa shape index (κ2) is 7.28. The van der Waals surface area contributed by atoms with E-state index < -0.39 is 12.5 Å². The van der Waals surface area contributed by atoms with Gasteiger partial charge in [0.2, 0.25) is 0 Å². The molecule has 112 valence electrons. The second-order valence-electron chi connectivity index (χ2n) is 4.35. The zero-order valence-corrected chi connectivity index (χ0v) is 11.4. The molecule has 0 amide bonds. The van der Waals surface area contributed by atoms with Crippen LogP contribution >= 0.6 is 0 Å². The quantitative estimate of drug-likeness (QED) is 0.771. The van der Waals surface area contributed by atoms with Gasteiger partial charge in [-0.1, -0.05) is 25.5 Å². The van der Waals surface area contributed by atoms with Gasteiger partial charge in [-0.25, -0.2) is 0 Å².